The molecule has 0 saturated carbocycles. The third kappa shape index (κ3) is 4.06. The molecule has 1 aliphatic heterocycles. The van der Waals surface area contributed by atoms with E-state index in [1.165, 1.54) is 0 Å². The van der Waals surface area contributed by atoms with Gasteiger partial charge in [0.1, 0.15) is 17.2 Å². The van der Waals surface area contributed by atoms with Crippen LogP contribution in [0, 0.1) is 0 Å². The maximum absolute atomic E-state index is 9.49. The molecular formula is C24H27N5O2. The lowest BCUT2D eigenvalue weighted by Gasteiger charge is -2.36. The fourth-order valence-corrected chi connectivity index (χ4v) is 4.13. The van der Waals surface area contributed by atoms with Crippen LogP contribution in [0.1, 0.15) is 19.6 Å². The Bertz CT molecular complexity index is 1170. The second-order valence-electron chi connectivity index (χ2n) is 8.38. The Kier molecular flexibility index (Phi) is 5.21. The molecule has 1 fully saturated rings. The van der Waals surface area contributed by atoms with Crippen LogP contribution in [0.25, 0.3) is 33.7 Å². The van der Waals surface area contributed by atoms with Gasteiger partial charge in [0, 0.05) is 43.2 Å². The molecule has 7 heteroatoms. The maximum Gasteiger partial charge on any atom is 0.182 e. The van der Waals surface area contributed by atoms with Crippen molar-refractivity contribution in [1.82, 2.24) is 25.0 Å². The minimum Gasteiger partial charge on any atom is -0.508 e. The number of hydrogen-bond acceptors (Lipinski definition) is 6. The van der Waals surface area contributed by atoms with Gasteiger partial charge in [-0.3, -0.25) is 14.9 Å². The van der Waals surface area contributed by atoms with E-state index in [4.69, 9.17) is 4.42 Å². The van der Waals surface area contributed by atoms with Gasteiger partial charge in [0.05, 0.1) is 12.2 Å². The number of phenols is 1. The second kappa shape index (κ2) is 8.17. The minimum absolute atomic E-state index is 0.238. The molecule has 2 N–H and O–H groups in total. The molecule has 7 nitrogen and oxygen atoms in total. The SMILES string of the molecule is CC(C)N1CCN(Cc2ccc(-c3[nH]nc4nc(-c5ccc(O)cc5)ccc34)o2)CC1. The van der Waals surface area contributed by atoms with Crippen molar-refractivity contribution >= 4 is 11.0 Å². The molecule has 1 aliphatic rings. The number of phenolic OH excluding ortho intramolecular Hbond substituents is 1. The molecule has 4 aromatic rings. The van der Waals surface area contributed by atoms with Gasteiger partial charge in [-0.1, -0.05) is 0 Å². The number of aromatic amines is 1. The van der Waals surface area contributed by atoms with E-state index in [0.717, 1.165) is 66.6 Å². The molecule has 0 radical (unpaired) electrons. The number of fused-ring (bicyclic) bond motifs is 1. The maximum atomic E-state index is 9.49. The van der Waals surface area contributed by atoms with Crippen molar-refractivity contribution in [3.8, 4) is 28.5 Å². The Labute approximate surface area is 181 Å². The summed E-state index contributed by atoms with van der Waals surface area (Å²) < 4.78 is 6.16. The van der Waals surface area contributed by atoms with E-state index in [-0.39, 0.29) is 5.75 Å². The third-order valence-corrected chi connectivity index (χ3v) is 6.01. The summed E-state index contributed by atoms with van der Waals surface area (Å²) in [7, 11) is 0. The zero-order valence-electron chi connectivity index (χ0n) is 17.9. The molecule has 3 aromatic heterocycles. The molecule has 0 amide bonds. The summed E-state index contributed by atoms with van der Waals surface area (Å²) in [4.78, 5) is 9.62. The van der Waals surface area contributed by atoms with Crippen molar-refractivity contribution in [2.45, 2.75) is 26.4 Å². The monoisotopic (exact) mass is 417 g/mol. The Morgan fingerprint density at radius 3 is 2.52 bits per heavy atom. The van der Waals surface area contributed by atoms with Crippen LogP contribution < -0.4 is 0 Å². The average Bonchev–Trinajstić information content (AvgIpc) is 3.41. The van der Waals surface area contributed by atoms with Gasteiger partial charge >= 0.3 is 0 Å². The minimum atomic E-state index is 0.238. The van der Waals surface area contributed by atoms with Gasteiger partial charge in [-0.2, -0.15) is 5.10 Å². The van der Waals surface area contributed by atoms with Crippen molar-refractivity contribution < 1.29 is 9.52 Å². The van der Waals surface area contributed by atoms with E-state index in [9.17, 15) is 5.11 Å². The molecule has 0 spiro atoms. The van der Waals surface area contributed by atoms with E-state index in [2.05, 4.69) is 44.9 Å². The Morgan fingerprint density at radius 2 is 1.77 bits per heavy atom. The van der Waals surface area contributed by atoms with E-state index >= 15 is 0 Å². The Morgan fingerprint density at radius 1 is 1.00 bits per heavy atom. The van der Waals surface area contributed by atoms with Gasteiger partial charge in [0.2, 0.25) is 0 Å². The summed E-state index contributed by atoms with van der Waals surface area (Å²) in [5, 5.41) is 17.9. The summed E-state index contributed by atoms with van der Waals surface area (Å²) >= 11 is 0. The van der Waals surface area contributed by atoms with Crippen LogP contribution in [0.4, 0.5) is 0 Å². The number of aromatic nitrogens is 3. The summed E-state index contributed by atoms with van der Waals surface area (Å²) in [5.74, 6) is 1.98. The van der Waals surface area contributed by atoms with Crippen molar-refractivity contribution in [3.63, 3.8) is 0 Å². The first kappa shape index (κ1) is 19.8. The molecule has 1 aromatic carbocycles. The lowest BCUT2D eigenvalue weighted by molar-refractivity contribution is 0.0992. The fourth-order valence-electron chi connectivity index (χ4n) is 4.13. The van der Waals surface area contributed by atoms with Crippen molar-refractivity contribution in [3.05, 3.63) is 54.3 Å². The van der Waals surface area contributed by atoms with Crippen molar-refractivity contribution in [2.24, 2.45) is 0 Å². The molecular weight excluding hydrogens is 390 g/mol. The highest BCUT2D eigenvalue weighted by atomic mass is 16.3. The highest BCUT2D eigenvalue weighted by molar-refractivity contribution is 5.90. The number of H-pyrrole nitrogens is 1. The number of pyridine rings is 1. The number of nitrogens with one attached hydrogen (secondary N) is 1. The quantitative estimate of drug-likeness (QED) is 0.508. The number of hydrogen-bond donors (Lipinski definition) is 2. The molecule has 31 heavy (non-hydrogen) atoms. The summed E-state index contributed by atoms with van der Waals surface area (Å²) in [6.07, 6.45) is 0. The number of piperazine rings is 1. The van der Waals surface area contributed by atoms with Crippen molar-refractivity contribution in [1.29, 1.82) is 0 Å². The molecule has 0 bridgehead atoms. The van der Waals surface area contributed by atoms with E-state index in [1.54, 1.807) is 12.1 Å². The van der Waals surface area contributed by atoms with Gasteiger partial charge in [0.25, 0.3) is 0 Å². The zero-order chi connectivity index (χ0) is 21.4. The standard InChI is InChI=1S/C24H27N5O2/c1-16(2)29-13-11-28(12-14-29)15-19-7-10-22(31-19)23-20-8-9-21(25-24(20)27-26-23)17-3-5-18(30)6-4-17/h3-10,16,30H,11-15H2,1-2H3,(H,25,26,27). The number of benzene rings is 1. The average molecular weight is 418 g/mol. The normalized spacial score (nSPS) is 15.8. The number of rotatable bonds is 5. The molecule has 5 rings (SSSR count). The summed E-state index contributed by atoms with van der Waals surface area (Å²) in [5.41, 5.74) is 3.23. The van der Waals surface area contributed by atoms with Crippen LogP contribution in [0.15, 0.2) is 52.9 Å². The molecule has 0 atom stereocenters. The second-order valence-corrected chi connectivity index (χ2v) is 8.38. The van der Waals surface area contributed by atoms with Crippen LogP contribution in [-0.4, -0.2) is 62.3 Å². The molecule has 160 valence electrons. The molecule has 4 heterocycles. The van der Waals surface area contributed by atoms with Gasteiger partial charge in [0.15, 0.2) is 11.4 Å². The summed E-state index contributed by atoms with van der Waals surface area (Å²) in [6.45, 7) is 9.66. The van der Waals surface area contributed by atoms with E-state index in [0.29, 0.717) is 11.7 Å². The van der Waals surface area contributed by atoms with Gasteiger partial charge in [-0.05, 0) is 62.4 Å². The fraction of sp³-hybridized carbons (Fsp3) is 0.333. The van der Waals surface area contributed by atoms with Gasteiger partial charge in [-0.15, -0.1) is 0 Å². The van der Waals surface area contributed by atoms with Crippen molar-refractivity contribution in [2.75, 3.05) is 26.2 Å². The predicted molar refractivity (Wildman–Crippen MR) is 121 cm³/mol. The first-order chi connectivity index (χ1) is 15.1. The Hall–Kier alpha value is -3.16. The van der Waals surface area contributed by atoms with Crippen LogP contribution in [-0.2, 0) is 6.54 Å². The molecule has 1 saturated heterocycles. The van der Waals surface area contributed by atoms with Gasteiger partial charge in [-0.25, -0.2) is 4.98 Å². The van der Waals surface area contributed by atoms with E-state index in [1.807, 2.05) is 30.3 Å². The van der Waals surface area contributed by atoms with Crippen LogP contribution >= 0.6 is 0 Å². The predicted octanol–water partition coefficient (Wildman–Crippen LogP) is 4.12. The lowest BCUT2D eigenvalue weighted by atomic mass is 10.1. The van der Waals surface area contributed by atoms with Gasteiger partial charge < -0.3 is 9.52 Å². The number of furan rings is 1. The highest BCUT2D eigenvalue weighted by Crippen LogP contribution is 2.30. The molecule has 0 unspecified atom stereocenters. The third-order valence-electron chi connectivity index (χ3n) is 6.01. The molecule has 0 aliphatic carbocycles. The zero-order valence-corrected chi connectivity index (χ0v) is 17.9. The largest absolute Gasteiger partial charge is 0.508 e. The number of nitrogens with zero attached hydrogens (tertiary/aromatic N) is 4. The first-order valence-electron chi connectivity index (χ1n) is 10.8. The van der Waals surface area contributed by atoms with Crippen LogP contribution in [0.3, 0.4) is 0 Å². The van der Waals surface area contributed by atoms with Crippen LogP contribution in [0.2, 0.25) is 0 Å². The topological polar surface area (TPSA) is 81.4 Å². The highest BCUT2D eigenvalue weighted by Gasteiger charge is 2.20. The number of aromatic hydroxyl groups is 1. The van der Waals surface area contributed by atoms with Crippen LogP contribution in [0.5, 0.6) is 5.75 Å². The Balaban J connectivity index is 1.32. The van der Waals surface area contributed by atoms with E-state index < -0.39 is 0 Å². The summed E-state index contributed by atoms with van der Waals surface area (Å²) in [6, 6.07) is 15.6. The lowest BCUT2D eigenvalue weighted by Crippen LogP contribution is -2.48. The smallest absolute Gasteiger partial charge is 0.182 e. The first-order valence-corrected chi connectivity index (χ1v) is 10.8.